The number of hydrogen-bond donors (Lipinski definition) is 3. The lowest BCUT2D eigenvalue weighted by atomic mass is 10.1. The topological polar surface area (TPSA) is 101 Å². The summed E-state index contributed by atoms with van der Waals surface area (Å²) in [7, 11) is -3.55. The molecular weight excluding hydrogens is 228 g/mol. The maximum Gasteiger partial charge on any atom is 0.258 e. The van der Waals surface area contributed by atoms with Gasteiger partial charge in [-0.3, -0.25) is 5.10 Å². The van der Waals surface area contributed by atoms with Crippen LogP contribution < -0.4 is 10.5 Å². The standard InChI is InChI=1S/C9H18N4O2S/c1-6(2)7(3)13-16(14,15)9-8(4-10)5-11-12-9/h5-7,13H,4,10H2,1-3H3,(H,11,12). The number of nitrogens with one attached hydrogen (secondary N) is 2. The molecule has 0 saturated heterocycles. The first-order valence-corrected chi connectivity index (χ1v) is 6.61. The van der Waals surface area contributed by atoms with Gasteiger partial charge in [0.15, 0.2) is 5.03 Å². The molecule has 1 aromatic rings. The number of aromatic nitrogens is 2. The van der Waals surface area contributed by atoms with Gasteiger partial charge in [0.25, 0.3) is 10.0 Å². The van der Waals surface area contributed by atoms with Crippen molar-refractivity contribution in [2.45, 2.75) is 38.4 Å². The van der Waals surface area contributed by atoms with Gasteiger partial charge in [0.1, 0.15) is 0 Å². The van der Waals surface area contributed by atoms with Gasteiger partial charge >= 0.3 is 0 Å². The van der Waals surface area contributed by atoms with Gasteiger partial charge in [-0.15, -0.1) is 0 Å². The Kier molecular flexibility index (Phi) is 4.06. The molecule has 0 spiro atoms. The van der Waals surface area contributed by atoms with E-state index in [4.69, 9.17) is 5.73 Å². The zero-order valence-electron chi connectivity index (χ0n) is 9.69. The van der Waals surface area contributed by atoms with E-state index >= 15 is 0 Å². The van der Waals surface area contributed by atoms with Gasteiger partial charge in [0.05, 0.1) is 6.20 Å². The van der Waals surface area contributed by atoms with Gasteiger partial charge in [-0.25, -0.2) is 13.1 Å². The fraction of sp³-hybridized carbons (Fsp3) is 0.667. The van der Waals surface area contributed by atoms with Crippen molar-refractivity contribution >= 4 is 10.0 Å². The van der Waals surface area contributed by atoms with Gasteiger partial charge in [-0.05, 0) is 12.8 Å². The van der Waals surface area contributed by atoms with E-state index in [1.807, 2.05) is 20.8 Å². The monoisotopic (exact) mass is 246 g/mol. The summed E-state index contributed by atoms with van der Waals surface area (Å²) in [6.45, 7) is 5.86. The van der Waals surface area contributed by atoms with E-state index in [0.717, 1.165) is 0 Å². The highest BCUT2D eigenvalue weighted by Gasteiger charge is 2.23. The molecular formula is C9H18N4O2S. The smallest absolute Gasteiger partial charge is 0.258 e. The lowest BCUT2D eigenvalue weighted by Crippen LogP contribution is -2.36. The lowest BCUT2D eigenvalue weighted by molar-refractivity contribution is 0.475. The Labute approximate surface area is 95.7 Å². The number of H-pyrrole nitrogens is 1. The summed E-state index contributed by atoms with van der Waals surface area (Å²) in [4.78, 5) is 0. The molecule has 0 fully saturated rings. The largest absolute Gasteiger partial charge is 0.326 e. The van der Waals surface area contributed by atoms with E-state index < -0.39 is 10.0 Å². The fourth-order valence-electron chi connectivity index (χ4n) is 1.12. The molecule has 92 valence electrons. The van der Waals surface area contributed by atoms with Crippen LogP contribution in [0.5, 0.6) is 0 Å². The quantitative estimate of drug-likeness (QED) is 0.690. The normalized spacial score (nSPS) is 14.3. The van der Waals surface area contributed by atoms with Gasteiger partial charge in [-0.1, -0.05) is 13.8 Å². The molecule has 0 bridgehead atoms. The third kappa shape index (κ3) is 2.81. The highest BCUT2D eigenvalue weighted by molar-refractivity contribution is 7.89. The van der Waals surface area contributed by atoms with Gasteiger partial charge < -0.3 is 5.73 Å². The summed E-state index contributed by atoms with van der Waals surface area (Å²) < 4.78 is 26.5. The summed E-state index contributed by atoms with van der Waals surface area (Å²) in [5, 5.41) is 6.21. The van der Waals surface area contributed by atoms with Gasteiger partial charge in [0.2, 0.25) is 0 Å². The number of hydrogen-bond acceptors (Lipinski definition) is 4. The molecule has 6 nitrogen and oxygen atoms in total. The lowest BCUT2D eigenvalue weighted by Gasteiger charge is -2.17. The van der Waals surface area contributed by atoms with Crippen LogP contribution >= 0.6 is 0 Å². The first-order valence-electron chi connectivity index (χ1n) is 5.13. The Balaban J connectivity index is 2.95. The van der Waals surface area contributed by atoms with Gasteiger partial charge in [0, 0.05) is 18.2 Å². The van der Waals surface area contributed by atoms with E-state index in [0.29, 0.717) is 5.56 Å². The molecule has 0 radical (unpaired) electrons. The minimum absolute atomic E-state index is 0.0579. The molecule has 0 amide bonds. The number of sulfonamides is 1. The van der Waals surface area contributed by atoms with Crippen molar-refractivity contribution in [1.82, 2.24) is 14.9 Å². The number of aromatic amines is 1. The molecule has 0 aliphatic heterocycles. The Hall–Kier alpha value is -0.920. The van der Waals surface area contributed by atoms with Crippen LogP contribution in [-0.2, 0) is 16.6 Å². The molecule has 1 unspecified atom stereocenters. The van der Waals surface area contributed by atoms with E-state index in [1.54, 1.807) is 0 Å². The highest BCUT2D eigenvalue weighted by atomic mass is 32.2. The van der Waals surface area contributed by atoms with E-state index in [9.17, 15) is 8.42 Å². The molecule has 4 N–H and O–H groups in total. The van der Waals surface area contributed by atoms with E-state index in [-0.39, 0.29) is 23.5 Å². The number of rotatable bonds is 5. The zero-order valence-corrected chi connectivity index (χ0v) is 10.5. The summed E-state index contributed by atoms with van der Waals surface area (Å²) in [5.41, 5.74) is 5.92. The second-order valence-corrected chi connectivity index (χ2v) is 5.73. The average molecular weight is 246 g/mol. The predicted octanol–water partition coefficient (Wildman–Crippen LogP) is 0.191. The molecule has 0 aliphatic carbocycles. The second kappa shape index (κ2) is 4.94. The van der Waals surface area contributed by atoms with Crippen LogP contribution in [0, 0.1) is 5.92 Å². The minimum Gasteiger partial charge on any atom is -0.326 e. The summed E-state index contributed by atoms with van der Waals surface area (Å²) >= 11 is 0. The van der Waals surface area contributed by atoms with E-state index in [1.165, 1.54) is 6.20 Å². The third-order valence-corrected chi connectivity index (χ3v) is 4.08. The highest BCUT2D eigenvalue weighted by Crippen LogP contribution is 2.13. The third-order valence-electron chi connectivity index (χ3n) is 2.51. The summed E-state index contributed by atoms with van der Waals surface area (Å²) in [5.74, 6) is 0.221. The maximum atomic E-state index is 11.9. The van der Waals surface area contributed by atoms with Crippen LogP contribution in [0.4, 0.5) is 0 Å². The van der Waals surface area contributed by atoms with Crippen molar-refractivity contribution in [1.29, 1.82) is 0 Å². The summed E-state index contributed by atoms with van der Waals surface area (Å²) in [6.07, 6.45) is 1.43. The van der Waals surface area contributed by atoms with Crippen molar-refractivity contribution in [2.24, 2.45) is 11.7 Å². The second-order valence-electron chi connectivity index (χ2n) is 4.08. The summed E-state index contributed by atoms with van der Waals surface area (Å²) in [6, 6.07) is -0.140. The average Bonchev–Trinajstić information content (AvgIpc) is 2.64. The Bertz CT molecular complexity index is 438. The Morgan fingerprint density at radius 1 is 1.50 bits per heavy atom. The van der Waals surface area contributed by atoms with Crippen molar-refractivity contribution < 1.29 is 8.42 Å². The molecule has 0 aromatic carbocycles. The Morgan fingerprint density at radius 3 is 2.62 bits per heavy atom. The number of nitrogens with zero attached hydrogens (tertiary/aromatic N) is 1. The SMILES string of the molecule is CC(C)C(C)NS(=O)(=O)c1[nH]ncc1CN. The Morgan fingerprint density at radius 2 is 2.12 bits per heavy atom. The van der Waals surface area contributed by atoms with Crippen LogP contribution in [0.1, 0.15) is 26.3 Å². The minimum atomic E-state index is -3.55. The van der Waals surface area contributed by atoms with Crippen LogP contribution in [0.2, 0.25) is 0 Å². The molecule has 1 rings (SSSR count). The maximum absolute atomic E-state index is 11.9. The van der Waals surface area contributed by atoms with Crippen LogP contribution in [0.15, 0.2) is 11.2 Å². The van der Waals surface area contributed by atoms with Crippen molar-refractivity contribution in [3.05, 3.63) is 11.8 Å². The van der Waals surface area contributed by atoms with Crippen molar-refractivity contribution in [3.8, 4) is 0 Å². The molecule has 1 aromatic heterocycles. The predicted molar refractivity (Wildman–Crippen MR) is 61.1 cm³/mol. The molecule has 1 heterocycles. The van der Waals surface area contributed by atoms with Crippen molar-refractivity contribution in [2.75, 3.05) is 0 Å². The fourth-order valence-corrected chi connectivity index (χ4v) is 2.65. The zero-order chi connectivity index (χ0) is 12.3. The van der Waals surface area contributed by atoms with Crippen LogP contribution in [0.25, 0.3) is 0 Å². The molecule has 7 heteroatoms. The van der Waals surface area contributed by atoms with Gasteiger partial charge in [-0.2, -0.15) is 5.10 Å². The molecule has 1 atom stereocenters. The molecule has 0 aliphatic rings. The molecule has 0 saturated carbocycles. The van der Waals surface area contributed by atoms with Crippen molar-refractivity contribution in [3.63, 3.8) is 0 Å². The van der Waals surface area contributed by atoms with Crippen LogP contribution in [-0.4, -0.2) is 24.7 Å². The van der Waals surface area contributed by atoms with Crippen LogP contribution in [0.3, 0.4) is 0 Å². The number of nitrogens with two attached hydrogens (primary N) is 1. The first-order chi connectivity index (χ1) is 7.38. The first kappa shape index (κ1) is 13.1. The van der Waals surface area contributed by atoms with E-state index in [2.05, 4.69) is 14.9 Å². The molecule has 16 heavy (non-hydrogen) atoms.